The lowest BCUT2D eigenvalue weighted by atomic mass is 10.1. The quantitative estimate of drug-likeness (QED) is 0.698. The molecule has 1 heterocycles. The van der Waals surface area contributed by atoms with Gasteiger partial charge in [-0.3, -0.25) is 0 Å². The first-order chi connectivity index (χ1) is 11.5. The molecule has 1 N–H and O–H groups in total. The predicted molar refractivity (Wildman–Crippen MR) is 92.9 cm³/mol. The topological polar surface area (TPSA) is 68.5 Å². The lowest BCUT2D eigenvalue weighted by Gasteiger charge is -2.11. The summed E-state index contributed by atoms with van der Waals surface area (Å²) in [5.74, 6) is 0.625. The zero-order valence-electron chi connectivity index (χ0n) is 13.3. The van der Waals surface area contributed by atoms with Gasteiger partial charge in [0.25, 0.3) is 10.0 Å². The van der Waals surface area contributed by atoms with E-state index in [4.69, 9.17) is 9.84 Å². The van der Waals surface area contributed by atoms with Crippen LogP contribution in [0.4, 0.5) is 0 Å². The fourth-order valence-electron chi connectivity index (χ4n) is 2.60. The molecule has 0 atom stereocenters. The van der Waals surface area contributed by atoms with Crippen molar-refractivity contribution in [2.45, 2.75) is 18.2 Å². The van der Waals surface area contributed by atoms with Crippen LogP contribution in [0.1, 0.15) is 12.0 Å². The van der Waals surface area contributed by atoms with Gasteiger partial charge in [0.15, 0.2) is 0 Å². The minimum Gasteiger partial charge on any atom is -0.493 e. The number of aryl methyl sites for hydroxylation is 1. The van der Waals surface area contributed by atoms with Crippen molar-refractivity contribution >= 4 is 20.9 Å². The largest absolute Gasteiger partial charge is 0.493 e. The first kappa shape index (κ1) is 16.5. The zero-order chi connectivity index (χ0) is 17.2. The number of aliphatic hydroxyl groups excluding tert-OH is 1. The highest BCUT2D eigenvalue weighted by molar-refractivity contribution is 7.90. The third-order valence-corrected chi connectivity index (χ3v) is 5.44. The average Bonchev–Trinajstić information content (AvgIpc) is 3.00. The van der Waals surface area contributed by atoms with Crippen molar-refractivity contribution in [2.24, 2.45) is 0 Å². The van der Waals surface area contributed by atoms with Crippen LogP contribution in [0.2, 0.25) is 0 Å². The van der Waals surface area contributed by atoms with Crippen molar-refractivity contribution in [1.29, 1.82) is 0 Å². The van der Waals surface area contributed by atoms with Crippen LogP contribution in [0.25, 0.3) is 10.9 Å². The molecule has 3 aromatic rings. The molecular formula is C18H19NO4S. The molecule has 0 aliphatic rings. The van der Waals surface area contributed by atoms with Crippen LogP contribution in [0.5, 0.6) is 5.75 Å². The maximum atomic E-state index is 12.9. The van der Waals surface area contributed by atoms with Crippen molar-refractivity contribution in [2.75, 3.05) is 13.2 Å². The van der Waals surface area contributed by atoms with E-state index < -0.39 is 10.0 Å². The van der Waals surface area contributed by atoms with Gasteiger partial charge in [-0.1, -0.05) is 18.2 Å². The van der Waals surface area contributed by atoms with Crippen molar-refractivity contribution < 1.29 is 18.3 Å². The Labute approximate surface area is 141 Å². The van der Waals surface area contributed by atoms with Gasteiger partial charge < -0.3 is 9.84 Å². The van der Waals surface area contributed by atoms with Crippen molar-refractivity contribution in [3.05, 3.63) is 60.3 Å². The Hall–Kier alpha value is -2.31. The molecular weight excluding hydrogens is 326 g/mol. The number of fused-ring (bicyclic) bond motifs is 1. The SMILES string of the molecule is Cc1cc(OCCCO)c2ccn(S(=O)(=O)c3ccccc3)c2c1. The minimum absolute atomic E-state index is 0.0539. The third-order valence-electron chi connectivity index (χ3n) is 3.74. The number of aromatic nitrogens is 1. The molecule has 0 aliphatic heterocycles. The number of ether oxygens (including phenoxy) is 1. The van der Waals surface area contributed by atoms with Gasteiger partial charge in [-0.15, -0.1) is 0 Å². The summed E-state index contributed by atoms with van der Waals surface area (Å²) in [6, 6.07) is 13.8. The first-order valence-electron chi connectivity index (χ1n) is 7.70. The van der Waals surface area contributed by atoms with E-state index in [-0.39, 0.29) is 11.5 Å². The summed E-state index contributed by atoms with van der Waals surface area (Å²) in [6.45, 7) is 2.33. The Morgan fingerprint density at radius 3 is 2.58 bits per heavy atom. The second-order valence-electron chi connectivity index (χ2n) is 5.55. The molecule has 0 radical (unpaired) electrons. The van der Waals surface area contributed by atoms with E-state index in [1.807, 2.05) is 19.1 Å². The average molecular weight is 345 g/mol. The number of hydrogen-bond acceptors (Lipinski definition) is 4. The van der Waals surface area contributed by atoms with Gasteiger partial charge in [0.1, 0.15) is 5.75 Å². The fraction of sp³-hybridized carbons (Fsp3) is 0.222. The van der Waals surface area contributed by atoms with Crippen LogP contribution in [-0.2, 0) is 10.0 Å². The number of nitrogens with zero attached hydrogens (tertiary/aromatic N) is 1. The highest BCUT2D eigenvalue weighted by atomic mass is 32.2. The molecule has 0 aliphatic carbocycles. The van der Waals surface area contributed by atoms with Gasteiger partial charge in [-0.05, 0) is 42.8 Å². The monoisotopic (exact) mass is 345 g/mol. The third kappa shape index (κ3) is 3.02. The van der Waals surface area contributed by atoms with Gasteiger partial charge >= 0.3 is 0 Å². The van der Waals surface area contributed by atoms with E-state index >= 15 is 0 Å². The standard InChI is InChI=1S/C18H19NO4S/c1-14-12-17-16(18(13-14)23-11-5-10-20)8-9-19(17)24(21,22)15-6-3-2-4-7-15/h2-4,6-9,12-13,20H,5,10-11H2,1H3. The molecule has 5 nitrogen and oxygen atoms in total. The van der Waals surface area contributed by atoms with E-state index in [1.165, 1.54) is 3.97 Å². The molecule has 24 heavy (non-hydrogen) atoms. The number of aliphatic hydroxyl groups is 1. The molecule has 126 valence electrons. The lowest BCUT2D eigenvalue weighted by molar-refractivity contribution is 0.235. The van der Waals surface area contributed by atoms with E-state index in [1.54, 1.807) is 42.6 Å². The molecule has 0 saturated carbocycles. The summed E-state index contributed by atoms with van der Waals surface area (Å²) in [5, 5.41) is 9.62. The second kappa shape index (κ2) is 6.67. The summed E-state index contributed by atoms with van der Waals surface area (Å²) in [5.41, 5.74) is 1.49. The highest BCUT2D eigenvalue weighted by Gasteiger charge is 2.20. The molecule has 0 amide bonds. The molecule has 6 heteroatoms. The van der Waals surface area contributed by atoms with Gasteiger partial charge in [0, 0.05) is 24.6 Å². The molecule has 0 unspecified atom stereocenters. The Balaban J connectivity index is 2.11. The molecule has 0 bridgehead atoms. The van der Waals surface area contributed by atoms with Crippen molar-refractivity contribution in [1.82, 2.24) is 3.97 Å². The Morgan fingerprint density at radius 2 is 1.88 bits per heavy atom. The highest BCUT2D eigenvalue weighted by Crippen LogP contribution is 2.31. The molecule has 0 spiro atoms. The number of rotatable bonds is 6. The summed E-state index contributed by atoms with van der Waals surface area (Å²) < 4.78 is 32.7. The second-order valence-corrected chi connectivity index (χ2v) is 7.37. The Morgan fingerprint density at radius 1 is 1.12 bits per heavy atom. The van der Waals surface area contributed by atoms with Crippen LogP contribution in [-0.4, -0.2) is 30.7 Å². The van der Waals surface area contributed by atoms with Gasteiger partial charge in [0.2, 0.25) is 0 Å². The van der Waals surface area contributed by atoms with E-state index in [2.05, 4.69) is 0 Å². The summed E-state index contributed by atoms with van der Waals surface area (Å²) in [4.78, 5) is 0.242. The number of benzene rings is 2. The Kier molecular flexibility index (Phi) is 4.59. The van der Waals surface area contributed by atoms with Crippen molar-refractivity contribution in [3.63, 3.8) is 0 Å². The smallest absolute Gasteiger partial charge is 0.268 e. The van der Waals surface area contributed by atoms with Gasteiger partial charge in [-0.25, -0.2) is 12.4 Å². The number of hydrogen-bond donors (Lipinski definition) is 1. The minimum atomic E-state index is -3.66. The fourth-order valence-corrected chi connectivity index (χ4v) is 3.96. The summed E-state index contributed by atoms with van der Waals surface area (Å²) >= 11 is 0. The lowest BCUT2D eigenvalue weighted by Crippen LogP contribution is -2.11. The normalized spacial score (nSPS) is 11.8. The van der Waals surface area contributed by atoms with Crippen LogP contribution in [0.3, 0.4) is 0 Å². The van der Waals surface area contributed by atoms with E-state index in [9.17, 15) is 8.42 Å². The molecule has 0 saturated heterocycles. The van der Waals surface area contributed by atoms with Crippen molar-refractivity contribution in [3.8, 4) is 5.75 Å². The first-order valence-corrected chi connectivity index (χ1v) is 9.14. The molecule has 0 fully saturated rings. The van der Waals surface area contributed by atoms with Gasteiger partial charge in [-0.2, -0.15) is 0 Å². The van der Waals surface area contributed by atoms with E-state index in [0.717, 1.165) is 10.9 Å². The molecule has 1 aromatic heterocycles. The predicted octanol–water partition coefficient (Wildman–Crippen LogP) is 2.95. The van der Waals surface area contributed by atoms with E-state index in [0.29, 0.717) is 24.3 Å². The van der Waals surface area contributed by atoms with Crippen LogP contribution >= 0.6 is 0 Å². The molecule has 2 aromatic carbocycles. The summed E-state index contributed by atoms with van der Waals surface area (Å²) in [7, 11) is -3.66. The maximum absolute atomic E-state index is 12.9. The Bertz CT molecular complexity index is 946. The maximum Gasteiger partial charge on any atom is 0.268 e. The van der Waals surface area contributed by atoms with Crippen LogP contribution < -0.4 is 4.74 Å². The molecule has 3 rings (SSSR count). The zero-order valence-corrected chi connectivity index (χ0v) is 14.2. The van der Waals surface area contributed by atoms with Gasteiger partial charge in [0.05, 0.1) is 17.0 Å². The summed E-state index contributed by atoms with van der Waals surface area (Å²) in [6.07, 6.45) is 2.07. The van der Waals surface area contributed by atoms with Crippen LogP contribution in [0.15, 0.2) is 59.6 Å². The van der Waals surface area contributed by atoms with Crippen LogP contribution in [0, 0.1) is 6.92 Å².